The van der Waals surface area contributed by atoms with Gasteiger partial charge in [0, 0.05) is 9.75 Å². The smallest absolute Gasteiger partial charge is 0.412 e. The van der Waals surface area contributed by atoms with E-state index < -0.39 is 12.1 Å². The fourth-order valence-electron chi connectivity index (χ4n) is 3.36. The van der Waals surface area contributed by atoms with E-state index in [0.717, 1.165) is 37.0 Å². The maximum Gasteiger partial charge on any atom is 0.412 e. The van der Waals surface area contributed by atoms with Gasteiger partial charge in [0.15, 0.2) is 0 Å². The fourth-order valence-corrected chi connectivity index (χ4v) is 5.22. The van der Waals surface area contributed by atoms with Crippen LogP contribution in [0, 0.1) is 6.92 Å². The number of hydrogen-bond donors (Lipinski definition) is 2. The number of nitrogens with one attached hydrogen (secondary N) is 1. The van der Waals surface area contributed by atoms with Gasteiger partial charge in [-0.05, 0) is 54.2 Å². The monoisotopic (exact) mass is 478 g/mol. The van der Waals surface area contributed by atoms with Gasteiger partial charge in [-0.1, -0.05) is 54.6 Å². The Hall–Kier alpha value is -3.49. The zero-order chi connectivity index (χ0) is 23.4. The van der Waals surface area contributed by atoms with Gasteiger partial charge in [0.25, 0.3) is 0 Å². The van der Waals surface area contributed by atoms with Crippen LogP contribution in [0.5, 0.6) is 0 Å². The number of thiophene rings is 1. The van der Waals surface area contributed by atoms with E-state index in [9.17, 15) is 9.59 Å². The van der Waals surface area contributed by atoms with E-state index >= 15 is 0 Å². The van der Waals surface area contributed by atoms with Gasteiger partial charge in [-0.25, -0.2) is 4.79 Å². The van der Waals surface area contributed by atoms with Crippen molar-refractivity contribution in [1.29, 1.82) is 0 Å². The summed E-state index contributed by atoms with van der Waals surface area (Å²) in [7, 11) is 0. The SMILES string of the molecule is Cc1nsc(-c2ccc(-c3ccc(CC(=O)O)s3)cc2)c1NC(=O)OC(C)c1ccccc1. The molecule has 6 nitrogen and oxygen atoms in total. The summed E-state index contributed by atoms with van der Waals surface area (Å²) in [4.78, 5) is 26.1. The number of aryl methyl sites for hydroxylation is 1. The van der Waals surface area contributed by atoms with Crippen molar-refractivity contribution >= 4 is 40.6 Å². The van der Waals surface area contributed by atoms with Gasteiger partial charge >= 0.3 is 12.1 Å². The summed E-state index contributed by atoms with van der Waals surface area (Å²) < 4.78 is 9.96. The molecule has 0 bridgehead atoms. The standard InChI is InChI=1S/C25H22N2O4S2/c1-15-23(26-25(30)31-16(2)17-6-4-3-5-7-17)24(33-27-15)19-10-8-18(9-11-19)21-13-12-20(32-21)14-22(28)29/h3-13,16H,14H2,1-2H3,(H,26,30)(H,28,29). The van der Waals surface area contributed by atoms with Gasteiger partial charge in [-0.2, -0.15) is 4.37 Å². The maximum absolute atomic E-state index is 12.6. The number of amides is 1. The molecular formula is C25H22N2O4S2. The van der Waals surface area contributed by atoms with Gasteiger partial charge in [-0.15, -0.1) is 11.3 Å². The first-order valence-corrected chi connectivity index (χ1v) is 11.9. The fraction of sp³-hybridized carbons (Fsp3) is 0.160. The number of aromatic nitrogens is 1. The third-order valence-corrected chi connectivity index (χ3v) is 7.18. The van der Waals surface area contributed by atoms with Crippen LogP contribution >= 0.6 is 22.9 Å². The lowest BCUT2D eigenvalue weighted by Gasteiger charge is -2.14. The third-order valence-electron chi connectivity index (χ3n) is 5.06. The number of ether oxygens (including phenoxy) is 1. The Morgan fingerprint density at radius 2 is 1.73 bits per heavy atom. The molecule has 2 aromatic carbocycles. The second-order valence-corrected chi connectivity index (χ2v) is 9.41. The van der Waals surface area contributed by atoms with Crippen molar-refractivity contribution < 1.29 is 19.4 Å². The molecule has 0 saturated heterocycles. The highest BCUT2D eigenvalue weighted by atomic mass is 32.1. The molecule has 0 aliphatic heterocycles. The van der Waals surface area contributed by atoms with Crippen molar-refractivity contribution in [2.75, 3.05) is 5.32 Å². The van der Waals surface area contributed by atoms with Gasteiger partial charge in [-0.3, -0.25) is 10.1 Å². The number of anilines is 1. The van der Waals surface area contributed by atoms with E-state index in [0.29, 0.717) is 5.69 Å². The largest absolute Gasteiger partial charge is 0.481 e. The van der Waals surface area contributed by atoms with E-state index in [1.807, 2.05) is 80.6 Å². The summed E-state index contributed by atoms with van der Waals surface area (Å²) >= 11 is 2.79. The van der Waals surface area contributed by atoms with Crippen molar-refractivity contribution in [2.45, 2.75) is 26.4 Å². The summed E-state index contributed by atoms with van der Waals surface area (Å²) in [6, 6.07) is 21.3. The predicted molar refractivity (Wildman–Crippen MR) is 132 cm³/mol. The zero-order valence-electron chi connectivity index (χ0n) is 18.1. The van der Waals surface area contributed by atoms with Crippen LogP contribution < -0.4 is 5.32 Å². The number of nitrogens with zero attached hydrogens (tertiary/aromatic N) is 1. The first-order valence-electron chi connectivity index (χ1n) is 10.3. The minimum absolute atomic E-state index is 0.0247. The minimum atomic E-state index is -0.837. The average Bonchev–Trinajstić information content (AvgIpc) is 3.41. The molecule has 2 N–H and O–H groups in total. The van der Waals surface area contributed by atoms with Crippen LogP contribution in [0.4, 0.5) is 10.5 Å². The maximum atomic E-state index is 12.6. The Kier molecular flexibility index (Phi) is 6.86. The molecule has 8 heteroatoms. The molecule has 0 aliphatic carbocycles. The lowest BCUT2D eigenvalue weighted by Crippen LogP contribution is -2.16. The van der Waals surface area contributed by atoms with Crippen molar-refractivity contribution in [2.24, 2.45) is 0 Å². The van der Waals surface area contributed by atoms with Gasteiger partial charge < -0.3 is 9.84 Å². The molecule has 4 aromatic rings. The highest BCUT2D eigenvalue weighted by molar-refractivity contribution is 7.15. The first kappa shape index (κ1) is 22.7. The molecule has 0 fully saturated rings. The summed E-state index contributed by atoms with van der Waals surface area (Å²) in [5.74, 6) is -0.837. The highest BCUT2D eigenvalue weighted by Gasteiger charge is 2.18. The Bertz CT molecular complexity index is 1260. The van der Waals surface area contributed by atoms with Crippen LogP contribution in [0.25, 0.3) is 20.9 Å². The molecule has 168 valence electrons. The number of carbonyl (C=O) groups is 2. The van der Waals surface area contributed by atoms with Crippen molar-refractivity contribution in [3.63, 3.8) is 0 Å². The second kappa shape index (κ2) is 9.97. The number of aliphatic carboxylic acids is 1. The summed E-state index contributed by atoms with van der Waals surface area (Å²) in [5, 5.41) is 11.8. The molecule has 1 atom stereocenters. The molecule has 0 spiro atoms. The lowest BCUT2D eigenvalue weighted by molar-refractivity contribution is -0.136. The zero-order valence-corrected chi connectivity index (χ0v) is 19.7. The molecule has 0 saturated carbocycles. The van der Waals surface area contributed by atoms with Crippen LogP contribution in [-0.4, -0.2) is 21.5 Å². The molecule has 33 heavy (non-hydrogen) atoms. The van der Waals surface area contributed by atoms with E-state index in [-0.39, 0.29) is 12.5 Å². The highest BCUT2D eigenvalue weighted by Crippen LogP contribution is 2.37. The van der Waals surface area contributed by atoms with Gasteiger partial charge in [0.05, 0.1) is 22.7 Å². The van der Waals surface area contributed by atoms with E-state index in [1.54, 1.807) is 0 Å². The first-order chi connectivity index (χ1) is 15.9. The molecule has 4 rings (SSSR count). The molecule has 2 aromatic heterocycles. The normalized spacial score (nSPS) is 11.7. The van der Waals surface area contributed by atoms with Gasteiger partial charge in [0.2, 0.25) is 0 Å². The minimum Gasteiger partial charge on any atom is -0.481 e. The van der Waals surface area contributed by atoms with E-state index in [1.165, 1.54) is 22.9 Å². The number of rotatable bonds is 7. The predicted octanol–water partition coefficient (Wildman–Crippen LogP) is 6.78. The molecule has 0 aliphatic rings. The number of carboxylic acids is 1. The van der Waals surface area contributed by atoms with Crippen LogP contribution in [0.2, 0.25) is 0 Å². The Morgan fingerprint density at radius 1 is 1.03 bits per heavy atom. The van der Waals surface area contributed by atoms with Crippen molar-refractivity contribution in [3.05, 3.63) is 82.9 Å². The second-order valence-electron chi connectivity index (χ2n) is 7.47. The molecule has 0 radical (unpaired) electrons. The van der Waals surface area contributed by atoms with E-state index in [4.69, 9.17) is 9.84 Å². The average molecular weight is 479 g/mol. The number of benzene rings is 2. The Morgan fingerprint density at radius 3 is 2.42 bits per heavy atom. The summed E-state index contributed by atoms with van der Waals surface area (Å²) in [6.45, 7) is 3.68. The number of carbonyl (C=O) groups excluding carboxylic acids is 1. The molecule has 1 unspecified atom stereocenters. The van der Waals surface area contributed by atoms with Crippen LogP contribution in [0.15, 0.2) is 66.7 Å². The van der Waals surface area contributed by atoms with Crippen LogP contribution in [0.1, 0.15) is 29.2 Å². The quantitative estimate of drug-likeness (QED) is 0.305. The van der Waals surface area contributed by atoms with Crippen LogP contribution in [0.3, 0.4) is 0 Å². The lowest BCUT2D eigenvalue weighted by atomic mass is 10.1. The molecular weight excluding hydrogens is 456 g/mol. The third kappa shape index (κ3) is 5.47. The van der Waals surface area contributed by atoms with Crippen molar-refractivity contribution in [1.82, 2.24) is 4.37 Å². The van der Waals surface area contributed by atoms with E-state index in [2.05, 4.69) is 9.69 Å². The number of carboxylic acid groups (broad SMARTS) is 1. The summed E-state index contributed by atoms with van der Waals surface area (Å²) in [5.41, 5.74) is 4.21. The topological polar surface area (TPSA) is 88.5 Å². The Balaban J connectivity index is 1.48. The molecule has 2 heterocycles. The van der Waals surface area contributed by atoms with Crippen molar-refractivity contribution in [3.8, 4) is 20.9 Å². The number of hydrogen-bond acceptors (Lipinski definition) is 6. The Labute approximate surface area is 199 Å². The van der Waals surface area contributed by atoms with Gasteiger partial charge in [0.1, 0.15) is 6.10 Å². The molecule has 1 amide bonds. The summed E-state index contributed by atoms with van der Waals surface area (Å²) in [6.07, 6.45) is -0.883. The van der Waals surface area contributed by atoms with Crippen LogP contribution in [-0.2, 0) is 16.0 Å².